The minimum Gasteiger partial charge on any atom is -0.348 e. The molecule has 3 rings (SSSR count). The van der Waals surface area contributed by atoms with Gasteiger partial charge in [0.1, 0.15) is 5.82 Å². The second-order valence-electron chi connectivity index (χ2n) is 7.27. The van der Waals surface area contributed by atoms with Crippen LogP contribution in [0.2, 0.25) is 0 Å². The number of sulfonamides is 1. The molecule has 0 saturated carbocycles. The fourth-order valence-corrected chi connectivity index (χ4v) is 5.00. The van der Waals surface area contributed by atoms with Gasteiger partial charge in [-0.25, -0.2) is 12.8 Å². The molecule has 32 heavy (non-hydrogen) atoms. The Morgan fingerprint density at radius 2 is 1.62 bits per heavy atom. The van der Waals surface area contributed by atoms with Crippen LogP contribution >= 0.6 is 11.8 Å². The maximum absolute atomic E-state index is 13.3. The summed E-state index contributed by atoms with van der Waals surface area (Å²) in [7, 11) is -3.94. The van der Waals surface area contributed by atoms with Crippen molar-refractivity contribution < 1.29 is 17.6 Å². The minimum atomic E-state index is -3.94. The van der Waals surface area contributed by atoms with Gasteiger partial charge < -0.3 is 5.32 Å². The fraction of sp³-hybridized carbons (Fsp3) is 0.208. The second-order valence-corrected chi connectivity index (χ2v) is 10.1. The number of hydrogen-bond donors (Lipinski definition) is 1. The lowest BCUT2D eigenvalue weighted by atomic mass is 10.1. The number of halogens is 1. The molecule has 0 aliphatic heterocycles. The summed E-state index contributed by atoms with van der Waals surface area (Å²) in [4.78, 5) is 14.0. The van der Waals surface area contributed by atoms with Crippen molar-refractivity contribution in [1.82, 2.24) is 9.62 Å². The van der Waals surface area contributed by atoms with Crippen molar-refractivity contribution in [3.63, 3.8) is 0 Å². The second kappa shape index (κ2) is 10.8. The summed E-state index contributed by atoms with van der Waals surface area (Å²) in [5.74, 6) is -0.835. The predicted octanol–water partition coefficient (Wildman–Crippen LogP) is 4.62. The number of carbonyl (C=O) groups excluding carboxylic acids is 1. The highest BCUT2D eigenvalue weighted by atomic mass is 32.2. The molecule has 168 valence electrons. The fourth-order valence-electron chi connectivity index (χ4n) is 3.18. The Morgan fingerprint density at radius 1 is 1.00 bits per heavy atom. The van der Waals surface area contributed by atoms with Crippen molar-refractivity contribution in [2.24, 2.45) is 0 Å². The highest BCUT2D eigenvalue weighted by molar-refractivity contribution is 7.98. The Balaban J connectivity index is 1.79. The smallest absolute Gasteiger partial charge is 0.243 e. The Hall–Kier alpha value is -2.68. The van der Waals surface area contributed by atoms with Crippen molar-refractivity contribution in [2.45, 2.75) is 29.3 Å². The molecule has 3 aromatic carbocycles. The summed E-state index contributed by atoms with van der Waals surface area (Å²) in [5.41, 5.74) is 1.51. The van der Waals surface area contributed by atoms with Crippen LogP contribution in [0.1, 0.15) is 24.1 Å². The van der Waals surface area contributed by atoms with Crippen molar-refractivity contribution in [1.29, 1.82) is 0 Å². The molecule has 0 fully saturated rings. The molecule has 1 N–H and O–H groups in total. The van der Waals surface area contributed by atoms with Gasteiger partial charge in [0.05, 0.1) is 17.5 Å². The normalized spacial score (nSPS) is 12.5. The maximum atomic E-state index is 13.3. The first-order valence-corrected chi connectivity index (χ1v) is 12.7. The molecule has 0 bridgehead atoms. The van der Waals surface area contributed by atoms with E-state index in [1.165, 1.54) is 36.4 Å². The monoisotopic (exact) mass is 472 g/mol. The molecule has 0 heterocycles. The van der Waals surface area contributed by atoms with Gasteiger partial charge in [-0.15, -0.1) is 11.8 Å². The Bertz CT molecular complexity index is 1140. The first kappa shape index (κ1) is 24.0. The third-order valence-electron chi connectivity index (χ3n) is 4.97. The molecule has 0 aliphatic rings. The maximum Gasteiger partial charge on any atom is 0.243 e. The molecular weight excluding hydrogens is 447 g/mol. The summed E-state index contributed by atoms with van der Waals surface area (Å²) in [6.07, 6.45) is 1.99. The zero-order valence-corrected chi connectivity index (χ0v) is 19.5. The molecule has 1 amide bonds. The van der Waals surface area contributed by atoms with E-state index >= 15 is 0 Å². The highest BCUT2D eigenvalue weighted by Gasteiger charge is 2.27. The zero-order valence-electron chi connectivity index (χ0n) is 17.9. The lowest BCUT2D eigenvalue weighted by molar-refractivity contribution is -0.122. The van der Waals surface area contributed by atoms with Crippen LogP contribution in [0, 0.1) is 5.82 Å². The average molecular weight is 473 g/mol. The number of rotatable bonds is 9. The summed E-state index contributed by atoms with van der Waals surface area (Å²) in [6, 6.07) is 21.0. The average Bonchev–Trinajstić information content (AvgIpc) is 2.80. The topological polar surface area (TPSA) is 66.5 Å². The number of benzene rings is 3. The number of carbonyl (C=O) groups is 1. The van der Waals surface area contributed by atoms with Gasteiger partial charge in [0, 0.05) is 11.4 Å². The van der Waals surface area contributed by atoms with Crippen LogP contribution in [0.25, 0.3) is 0 Å². The van der Waals surface area contributed by atoms with Crippen LogP contribution < -0.4 is 5.32 Å². The number of amides is 1. The predicted molar refractivity (Wildman–Crippen MR) is 125 cm³/mol. The lowest BCUT2D eigenvalue weighted by Crippen LogP contribution is -2.41. The van der Waals surface area contributed by atoms with Crippen LogP contribution in [-0.2, 0) is 21.4 Å². The summed E-state index contributed by atoms with van der Waals surface area (Å²) in [6.45, 7) is 1.44. The summed E-state index contributed by atoms with van der Waals surface area (Å²) >= 11 is 1.63. The van der Waals surface area contributed by atoms with Crippen molar-refractivity contribution >= 4 is 27.7 Å². The molecule has 3 aromatic rings. The van der Waals surface area contributed by atoms with Crippen LogP contribution in [-0.4, -0.2) is 31.4 Å². The van der Waals surface area contributed by atoms with E-state index in [1.54, 1.807) is 30.0 Å². The number of nitrogens with one attached hydrogen (secondary N) is 1. The van der Waals surface area contributed by atoms with Crippen molar-refractivity contribution in [2.75, 3.05) is 12.8 Å². The summed E-state index contributed by atoms with van der Waals surface area (Å²) in [5, 5.41) is 2.87. The van der Waals surface area contributed by atoms with Gasteiger partial charge in [0.25, 0.3) is 0 Å². The molecule has 0 aromatic heterocycles. The zero-order chi connectivity index (χ0) is 23.1. The molecular formula is C24H25FN2O3S2. The van der Waals surface area contributed by atoms with E-state index in [4.69, 9.17) is 0 Å². The molecule has 1 unspecified atom stereocenters. The number of hydrogen-bond acceptors (Lipinski definition) is 4. The number of nitrogens with zero attached hydrogens (tertiary/aromatic N) is 1. The Morgan fingerprint density at radius 3 is 2.22 bits per heavy atom. The van der Waals surface area contributed by atoms with E-state index in [-0.39, 0.29) is 24.0 Å². The first-order chi connectivity index (χ1) is 15.3. The van der Waals surface area contributed by atoms with E-state index in [9.17, 15) is 17.6 Å². The highest BCUT2D eigenvalue weighted by Crippen LogP contribution is 2.21. The standard InChI is InChI=1S/C24H25FN2O3S2/c1-18(20-10-14-22(31-2)15-11-20)26-24(28)17-27(16-19-8-12-21(25)13-9-19)32(29,30)23-6-4-3-5-7-23/h3-15,18H,16-17H2,1-2H3,(H,26,28). The number of thioether (sulfide) groups is 1. The molecule has 0 aliphatic carbocycles. The Kier molecular flexibility index (Phi) is 8.06. The third kappa shape index (κ3) is 6.18. The molecule has 8 heteroatoms. The molecule has 0 radical (unpaired) electrons. The van der Waals surface area contributed by atoms with Crippen molar-refractivity contribution in [3.8, 4) is 0 Å². The van der Waals surface area contributed by atoms with E-state index in [1.807, 2.05) is 37.4 Å². The van der Waals surface area contributed by atoms with Crippen molar-refractivity contribution in [3.05, 3.63) is 95.8 Å². The quantitative estimate of drug-likeness (QED) is 0.462. The molecule has 5 nitrogen and oxygen atoms in total. The van der Waals surface area contributed by atoms with Crippen LogP contribution in [0.15, 0.2) is 88.7 Å². The van der Waals surface area contributed by atoms with E-state index < -0.39 is 21.7 Å². The molecule has 1 atom stereocenters. The van der Waals surface area contributed by atoms with Crippen LogP contribution in [0.5, 0.6) is 0 Å². The molecule has 0 saturated heterocycles. The van der Waals surface area contributed by atoms with E-state index in [2.05, 4.69) is 5.32 Å². The van der Waals surface area contributed by atoms with Crippen LogP contribution in [0.3, 0.4) is 0 Å². The van der Waals surface area contributed by atoms with Gasteiger partial charge in [-0.2, -0.15) is 4.31 Å². The Labute approximate surface area is 192 Å². The van der Waals surface area contributed by atoms with Gasteiger partial charge in [0.2, 0.25) is 15.9 Å². The largest absolute Gasteiger partial charge is 0.348 e. The first-order valence-electron chi connectivity index (χ1n) is 10.0. The van der Waals surface area contributed by atoms with Gasteiger partial charge in [-0.05, 0) is 60.7 Å². The van der Waals surface area contributed by atoms with Gasteiger partial charge in [-0.1, -0.05) is 42.5 Å². The van der Waals surface area contributed by atoms with E-state index in [0.717, 1.165) is 14.8 Å². The lowest BCUT2D eigenvalue weighted by Gasteiger charge is -2.23. The minimum absolute atomic E-state index is 0.0538. The third-order valence-corrected chi connectivity index (χ3v) is 7.52. The van der Waals surface area contributed by atoms with Gasteiger partial charge in [-0.3, -0.25) is 4.79 Å². The SMILES string of the molecule is CSc1ccc(C(C)NC(=O)CN(Cc2ccc(F)cc2)S(=O)(=O)c2ccccc2)cc1. The van der Waals surface area contributed by atoms with Crippen LogP contribution in [0.4, 0.5) is 4.39 Å². The van der Waals surface area contributed by atoms with Gasteiger partial charge in [0.15, 0.2) is 0 Å². The van der Waals surface area contributed by atoms with Gasteiger partial charge >= 0.3 is 0 Å². The molecule has 0 spiro atoms. The van der Waals surface area contributed by atoms with E-state index in [0.29, 0.717) is 5.56 Å². The summed E-state index contributed by atoms with van der Waals surface area (Å²) < 4.78 is 40.9.